The van der Waals surface area contributed by atoms with Gasteiger partial charge in [-0.05, 0) is 43.5 Å². The van der Waals surface area contributed by atoms with Crippen molar-refractivity contribution in [3.05, 3.63) is 53.6 Å². The first-order valence-corrected chi connectivity index (χ1v) is 10.1. The number of hydrogen-bond acceptors (Lipinski definition) is 7. The van der Waals surface area contributed by atoms with Crippen molar-refractivity contribution >= 4 is 40.4 Å². The summed E-state index contributed by atoms with van der Waals surface area (Å²) in [6.45, 7) is 1.90. The average molecular weight is 424 g/mol. The largest absolute Gasteiger partial charge is 0.397 e. The second-order valence-electron chi connectivity index (χ2n) is 7.12. The first-order valence-electron chi connectivity index (χ1n) is 9.71. The van der Waals surface area contributed by atoms with Crippen molar-refractivity contribution in [2.75, 3.05) is 34.8 Å². The molecule has 0 atom stereocenters. The Morgan fingerprint density at radius 3 is 2.67 bits per heavy atom. The zero-order valence-electron chi connectivity index (χ0n) is 16.3. The molecule has 3 aromatic heterocycles. The van der Waals surface area contributed by atoms with Crippen molar-refractivity contribution in [2.24, 2.45) is 0 Å². The number of hydrogen-bond donors (Lipinski definition) is 3. The number of carbonyl (C=O) groups excluding carboxylic acids is 1. The van der Waals surface area contributed by atoms with Gasteiger partial charge in [0.05, 0.1) is 34.0 Å². The molecular formula is C21H22ClN7O. The molecule has 0 unspecified atom stereocenters. The summed E-state index contributed by atoms with van der Waals surface area (Å²) in [6.07, 6.45) is 8.36. The standard InChI is InChI=1S/C21H22ClN7O/c22-14-10-19(24)26-11-13(14)16-5-4-15(23)20(27-16)21(30)28-17-12-25-7-6-18(17)29-8-2-1-3-9-29/h4-7,10-12H,1-3,8-9,23H2,(H2,24,26)(H,28,30). The van der Waals surface area contributed by atoms with E-state index in [1.54, 1.807) is 24.5 Å². The maximum atomic E-state index is 13.0. The molecule has 4 heterocycles. The number of carbonyl (C=O) groups is 1. The molecule has 9 heteroatoms. The van der Waals surface area contributed by atoms with Crippen LogP contribution in [-0.2, 0) is 0 Å². The van der Waals surface area contributed by atoms with Crippen molar-refractivity contribution in [2.45, 2.75) is 19.3 Å². The molecule has 1 aliphatic rings. The third-order valence-corrected chi connectivity index (χ3v) is 5.35. The van der Waals surface area contributed by atoms with Crippen molar-refractivity contribution in [1.82, 2.24) is 15.0 Å². The van der Waals surface area contributed by atoms with Crippen LogP contribution in [0, 0.1) is 0 Å². The molecule has 30 heavy (non-hydrogen) atoms. The molecule has 0 aromatic carbocycles. The third kappa shape index (κ3) is 4.13. The Kier molecular flexibility index (Phi) is 5.67. The maximum absolute atomic E-state index is 13.0. The normalized spacial score (nSPS) is 13.8. The van der Waals surface area contributed by atoms with E-state index in [2.05, 4.69) is 25.2 Å². The van der Waals surface area contributed by atoms with Crippen molar-refractivity contribution in [3.8, 4) is 11.3 Å². The second-order valence-corrected chi connectivity index (χ2v) is 7.53. The number of nitrogens with one attached hydrogen (secondary N) is 1. The lowest BCUT2D eigenvalue weighted by Gasteiger charge is -2.30. The topological polar surface area (TPSA) is 123 Å². The Morgan fingerprint density at radius 2 is 1.90 bits per heavy atom. The minimum Gasteiger partial charge on any atom is -0.397 e. The highest BCUT2D eigenvalue weighted by Crippen LogP contribution is 2.30. The van der Waals surface area contributed by atoms with Gasteiger partial charge in [0.1, 0.15) is 5.82 Å². The van der Waals surface area contributed by atoms with Crippen LogP contribution in [-0.4, -0.2) is 33.9 Å². The molecule has 0 spiro atoms. The van der Waals surface area contributed by atoms with Crippen molar-refractivity contribution < 1.29 is 4.79 Å². The van der Waals surface area contributed by atoms with Gasteiger partial charge < -0.3 is 21.7 Å². The van der Waals surface area contributed by atoms with E-state index in [9.17, 15) is 4.79 Å². The Labute approximate surface area is 179 Å². The molecule has 4 rings (SSSR count). The summed E-state index contributed by atoms with van der Waals surface area (Å²) in [5, 5.41) is 3.31. The highest BCUT2D eigenvalue weighted by atomic mass is 35.5. The highest BCUT2D eigenvalue weighted by Gasteiger charge is 2.19. The number of amides is 1. The van der Waals surface area contributed by atoms with Crippen LogP contribution in [0.5, 0.6) is 0 Å². The Hall–Kier alpha value is -3.39. The number of aromatic nitrogens is 3. The van der Waals surface area contributed by atoms with E-state index in [1.165, 1.54) is 18.7 Å². The summed E-state index contributed by atoms with van der Waals surface area (Å²) in [5.74, 6) is -0.112. The smallest absolute Gasteiger partial charge is 0.276 e. The van der Waals surface area contributed by atoms with E-state index >= 15 is 0 Å². The second kappa shape index (κ2) is 8.54. The number of nitrogens with two attached hydrogens (primary N) is 2. The molecule has 0 saturated carbocycles. The van der Waals surface area contributed by atoms with Gasteiger partial charge in [-0.15, -0.1) is 0 Å². The van der Waals surface area contributed by atoms with Gasteiger partial charge in [-0.1, -0.05) is 11.6 Å². The first kappa shape index (κ1) is 19.9. The summed E-state index contributed by atoms with van der Waals surface area (Å²) in [7, 11) is 0. The molecule has 1 aliphatic heterocycles. The first-order chi connectivity index (χ1) is 14.5. The van der Waals surface area contributed by atoms with Gasteiger partial charge in [0, 0.05) is 31.0 Å². The Morgan fingerprint density at radius 1 is 1.10 bits per heavy atom. The van der Waals surface area contributed by atoms with E-state index in [4.69, 9.17) is 23.1 Å². The third-order valence-electron chi connectivity index (χ3n) is 5.04. The van der Waals surface area contributed by atoms with E-state index in [0.717, 1.165) is 31.6 Å². The number of rotatable bonds is 4. The molecule has 154 valence electrons. The van der Waals surface area contributed by atoms with Crippen LogP contribution in [0.15, 0.2) is 42.9 Å². The minimum absolute atomic E-state index is 0.105. The fraction of sp³-hybridized carbons (Fsp3) is 0.238. The average Bonchev–Trinajstić information content (AvgIpc) is 2.75. The maximum Gasteiger partial charge on any atom is 0.276 e. The zero-order chi connectivity index (χ0) is 21.1. The van der Waals surface area contributed by atoms with E-state index < -0.39 is 5.91 Å². The number of anilines is 4. The summed E-state index contributed by atoms with van der Waals surface area (Å²) < 4.78 is 0. The predicted molar refractivity (Wildman–Crippen MR) is 120 cm³/mol. The lowest BCUT2D eigenvalue weighted by atomic mass is 10.1. The van der Waals surface area contributed by atoms with Crippen LogP contribution in [0.3, 0.4) is 0 Å². The Bertz CT molecular complexity index is 1080. The van der Waals surface area contributed by atoms with Gasteiger partial charge in [-0.2, -0.15) is 0 Å². The predicted octanol–water partition coefficient (Wildman–Crippen LogP) is 3.60. The van der Waals surface area contributed by atoms with Crippen LogP contribution >= 0.6 is 11.6 Å². The Balaban J connectivity index is 1.63. The molecular weight excluding hydrogens is 402 g/mol. The van der Waals surface area contributed by atoms with Gasteiger partial charge in [-0.3, -0.25) is 9.78 Å². The molecule has 0 radical (unpaired) electrons. The monoisotopic (exact) mass is 423 g/mol. The van der Waals surface area contributed by atoms with E-state index in [0.29, 0.717) is 27.8 Å². The van der Waals surface area contributed by atoms with Crippen LogP contribution in [0.4, 0.5) is 22.9 Å². The summed E-state index contributed by atoms with van der Waals surface area (Å²) in [5.41, 5.74) is 14.7. The molecule has 5 N–H and O–H groups in total. The molecule has 1 amide bonds. The molecule has 0 aliphatic carbocycles. The van der Waals surface area contributed by atoms with Gasteiger partial charge in [-0.25, -0.2) is 9.97 Å². The van der Waals surface area contributed by atoms with E-state index in [1.807, 2.05) is 6.07 Å². The van der Waals surface area contributed by atoms with Crippen molar-refractivity contribution in [3.63, 3.8) is 0 Å². The number of piperidine rings is 1. The lowest BCUT2D eigenvalue weighted by Crippen LogP contribution is -2.30. The molecule has 3 aromatic rings. The molecule has 8 nitrogen and oxygen atoms in total. The van der Waals surface area contributed by atoms with Crippen LogP contribution in [0.25, 0.3) is 11.3 Å². The van der Waals surface area contributed by atoms with Crippen LogP contribution < -0.4 is 21.7 Å². The summed E-state index contributed by atoms with van der Waals surface area (Å²) >= 11 is 6.27. The molecule has 1 fully saturated rings. The van der Waals surface area contributed by atoms with Gasteiger partial charge in [0.15, 0.2) is 5.69 Å². The SMILES string of the molecule is Nc1cc(Cl)c(-c2ccc(N)c(C(=O)Nc3cnccc3N3CCCCC3)n2)cn1. The molecule has 0 bridgehead atoms. The van der Waals surface area contributed by atoms with E-state index in [-0.39, 0.29) is 11.4 Å². The number of nitrogens with zero attached hydrogens (tertiary/aromatic N) is 4. The number of halogens is 1. The zero-order valence-corrected chi connectivity index (χ0v) is 17.1. The summed E-state index contributed by atoms with van der Waals surface area (Å²) in [6, 6.07) is 6.76. The van der Waals surface area contributed by atoms with Crippen molar-refractivity contribution in [1.29, 1.82) is 0 Å². The number of nitrogen functional groups attached to an aromatic ring is 2. The van der Waals surface area contributed by atoms with Gasteiger partial charge in [0.25, 0.3) is 5.91 Å². The minimum atomic E-state index is -0.417. The fourth-order valence-electron chi connectivity index (χ4n) is 3.51. The van der Waals surface area contributed by atoms with Crippen LogP contribution in [0.1, 0.15) is 29.8 Å². The van der Waals surface area contributed by atoms with Crippen LogP contribution in [0.2, 0.25) is 5.02 Å². The highest BCUT2D eigenvalue weighted by molar-refractivity contribution is 6.33. The molecule has 1 saturated heterocycles. The lowest BCUT2D eigenvalue weighted by molar-refractivity contribution is 0.102. The summed E-state index contributed by atoms with van der Waals surface area (Å²) in [4.78, 5) is 27.9. The fourth-order valence-corrected chi connectivity index (χ4v) is 3.77. The number of pyridine rings is 3. The van der Waals surface area contributed by atoms with Gasteiger partial charge in [0.2, 0.25) is 0 Å². The van der Waals surface area contributed by atoms with Gasteiger partial charge >= 0.3 is 0 Å². The quantitative estimate of drug-likeness (QED) is 0.585.